The maximum atomic E-state index is 14.0. The fourth-order valence-electron chi connectivity index (χ4n) is 5.53. The molecule has 0 saturated carbocycles. The van der Waals surface area contributed by atoms with Crippen LogP contribution in [0.5, 0.6) is 0 Å². The lowest BCUT2D eigenvalue weighted by molar-refractivity contribution is -0.143. The summed E-state index contributed by atoms with van der Waals surface area (Å²) in [6, 6.07) is -1.25. The van der Waals surface area contributed by atoms with Crippen LogP contribution in [-0.2, 0) is 44.8 Å². The SMILES string of the molecule is CSCC[C@H](NC(=O)[C@H](Cc1ccccc1)NC(=O)[C@H](CCCCN)NC(=O)[C@@H](N)CO)C(=O)N[C@@H](CC(N)=O)C(=O)N[C@H](C(=O)N[C@@H](CC(C)C)C(=O)O)[C@@H](C)O. The van der Waals surface area contributed by atoms with Gasteiger partial charge >= 0.3 is 5.97 Å². The minimum Gasteiger partial charge on any atom is -0.480 e. The Morgan fingerprint density at radius 3 is 1.74 bits per heavy atom. The van der Waals surface area contributed by atoms with E-state index in [0.29, 0.717) is 30.7 Å². The first-order valence-electron chi connectivity index (χ1n) is 19.0. The van der Waals surface area contributed by atoms with Crippen LogP contribution in [0.15, 0.2) is 30.3 Å². The van der Waals surface area contributed by atoms with Crippen molar-refractivity contribution in [2.75, 3.05) is 25.2 Å². The summed E-state index contributed by atoms with van der Waals surface area (Å²) in [5.74, 6) is -7.59. The number of carboxylic acids is 1. The molecule has 21 heteroatoms. The van der Waals surface area contributed by atoms with E-state index in [1.165, 1.54) is 18.7 Å². The molecule has 0 aliphatic heterocycles. The topological polar surface area (TPSA) is 347 Å². The Hall–Kier alpha value is -4.83. The molecule has 0 bridgehead atoms. The van der Waals surface area contributed by atoms with Gasteiger partial charge in [-0.1, -0.05) is 44.2 Å². The molecule has 0 unspecified atom stereocenters. The van der Waals surface area contributed by atoms with Gasteiger partial charge in [-0.05, 0) is 69.1 Å². The number of aliphatic carboxylic acids is 1. The normalized spacial score (nSPS) is 15.3. The zero-order chi connectivity index (χ0) is 43.9. The number of rotatable bonds is 28. The number of nitrogens with one attached hydrogen (secondary N) is 6. The highest BCUT2D eigenvalue weighted by atomic mass is 32.2. The van der Waals surface area contributed by atoms with Crippen molar-refractivity contribution in [1.82, 2.24) is 31.9 Å². The third kappa shape index (κ3) is 19.1. The van der Waals surface area contributed by atoms with Gasteiger partial charge in [-0.15, -0.1) is 0 Å². The Morgan fingerprint density at radius 1 is 0.707 bits per heavy atom. The molecule has 15 N–H and O–H groups in total. The van der Waals surface area contributed by atoms with E-state index in [0.717, 1.165) is 0 Å². The number of aliphatic hydroxyl groups excluding tert-OH is 2. The van der Waals surface area contributed by atoms with Crippen LogP contribution >= 0.6 is 11.8 Å². The van der Waals surface area contributed by atoms with Gasteiger partial charge in [0.15, 0.2) is 0 Å². The molecule has 1 aromatic carbocycles. The van der Waals surface area contributed by atoms with Gasteiger partial charge in [-0.25, -0.2) is 4.79 Å². The summed E-state index contributed by atoms with van der Waals surface area (Å²) in [5.41, 5.74) is 17.3. The van der Waals surface area contributed by atoms with Gasteiger partial charge in [0.05, 0.1) is 19.1 Å². The number of benzene rings is 1. The smallest absolute Gasteiger partial charge is 0.326 e. The number of nitrogens with two attached hydrogens (primary N) is 3. The van der Waals surface area contributed by atoms with E-state index in [9.17, 15) is 53.7 Å². The molecule has 0 heterocycles. The molecule has 7 amide bonds. The molecule has 1 aromatic rings. The van der Waals surface area contributed by atoms with Crippen LogP contribution < -0.4 is 49.1 Å². The number of primary amides is 1. The van der Waals surface area contributed by atoms with Crippen molar-refractivity contribution >= 4 is 59.1 Å². The third-order valence-electron chi connectivity index (χ3n) is 8.70. The Morgan fingerprint density at radius 2 is 1.22 bits per heavy atom. The second-order valence-corrected chi connectivity index (χ2v) is 15.2. The number of hydrogen-bond donors (Lipinski definition) is 12. The summed E-state index contributed by atoms with van der Waals surface area (Å²) < 4.78 is 0. The first-order chi connectivity index (χ1) is 27.3. The Kier molecular flexibility index (Phi) is 23.8. The van der Waals surface area contributed by atoms with E-state index in [4.69, 9.17) is 17.2 Å². The standard InChI is InChI=1S/C37H61N9O11S/c1-20(2)16-28(37(56)57)45-36(55)30(21(3)48)46-35(54)27(18-29(40)49)44-33(52)25(13-15-58-4)42-34(53)26(17-22-10-6-5-7-11-22)43-32(51)24(12-8-9-14-38)41-31(50)23(39)19-47/h5-7,10-11,20-21,23-28,30,47-48H,8-9,12-19,38-39H2,1-4H3,(H2,40,49)(H,41,50)(H,42,53)(H,43,51)(H,44,52)(H,45,55)(H,46,54)(H,56,57)/t21-,23+,24+,25+,26+,27+,28+,30+/m1/s1. The summed E-state index contributed by atoms with van der Waals surface area (Å²) in [6.45, 7) is 4.29. The van der Waals surface area contributed by atoms with Crippen LogP contribution in [0.4, 0.5) is 0 Å². The van der Waals surface area contributed by atoms with Crippen molar-refractivity contribution in [2.45, 2.75) is 114 Å². The van der Waals surface area contributed by atoms with E-state index >= 15 is 0 Å². The van der Waals surface area contributed by atoms with Gasteiger partial charge in [0, 0.05) is 6.42 Å². The highest BCUT2D eigenvalue weighted by molar-refractivity contribution is 7.98. The van der Waals surface area contributed by atoms with Gasteiger partial charge in [-0.3, -0.25) is 33.6 Å². The fraction of sp³-hybridized carbons (Fsp3) is 0.622. The van der Waals surface area contributed by atoms with Crippen molar-refractivity contribution in [3.63, 3.8) is 0 Å². The molecule has 0 radical (unpaired) electrons. The molecule has 0 aliphatic carbocycles. The van der Waals surface area contributed by atoms with Crippen LogP contribution in [-0.4, -0.2) is 136 Å². The molecule has 326 valence electrons. The molecular formula is C37H61N9O11S. The van der Waals surface area contributed by atoms with E-state index in [-0.39, 0.29) is 31.6 Å². The van der Waals surface area contributed by atoms with Gasteiger partial charge in [0.2, 0.25) is 41.4 Å². The first kappa shape index (κ1) is 51.2. The summed E-state index contributed by atoms with van der Waals surface area (Å²) in [4.78, 5) is 104. The van der Waals surface area contributed by atoms with Crippen LogP contribution in [0.25, 0.3) is 0 Å². The highest BCUT2D eigenvalue weighted by Crippen LogP contribution is 2.10. The van der Waals surface area contributed by atoms with Crippen molar-refractivity contribution in [2.24, 2.45) is 23.1 Å². The lowest BCUT2D eigenvalue weighted by Crippen LogP contribution is -2.61. The number of aliphatic hydroxyl groups is 2. The largest absolute Gasteiger partial charge is 0.480 e. The highest BCUT2D eigenvalue weighted by Gasteiger charge is 2.35. The molecule has 0 spiro atoms. The summed E-state index contributed by atoms with van der Waals surface area (Å²) in [6.07, 6.45) is 0.531. The van der Waals surface area contributed by atoms with Crippen molar-refractivity contribution in [3.8, 4) is 0 Å². The van der Waals surface area contributed by atoms with E-state index in [1.807, 2.05) is 0 Å². The van der Waals surface area contributed by atoms with Crippen molar-refractivity contribution in [3.05, 3.63) is 35.9 Å². The minimum absolute atomic E-state index is 0.0115. The number of unbranched alkanes of at least 4 members (excludes halogenated alkanes) is 1. The fourth-order valence-corrected chi connectivity index (χ4v) is 6.00. The first-order valence-corrected chi connectivity index (χ1v) is 20.3. The predicted molar refractivity (Wildman–Crippen MR) is 215 cm³/mol. The van der Waals surface area contributed by atoms with Crippen LogP contribution in [0.2, 0.25) is 0 Å². The predicted octanol–water partition coefficient (Wildman–Crippen LogP) is -3.27. The molecule has 0 aliphatic rings. The molecule has 20 nitrogen and oxygen atoms in total. The Labute approximate surface area is 342 Å². The molecule has 0 fully saturated rings. The van der Waals surface area contributed by atoms with Crippen molar-refractivity contribution in [1.29, 1.82) is 0 Å². The Bertz CT molecular complexity index is 1520. The Balaban J connectivity index is 3.40. The zero-order valence-electron chi connectivity index (χ0n) is 33.4. The third-order valence-corrected chi connectivity index (χ3v) is 9.34. The van der Waals surface area contributed by atoms with E-state index in [1.54, 1.807) is 50.4 Å². The second-order valence-electron chi connectivity index (χ2n) is 14.2. The van der Waals surface area contributed by atoms with Gasteiger partial charge in [0.25, 0.3) is 0 Å². The molecule has 58 heavy (non-hydrogen) atoms. The molecular weight excluding hydrogens is 779 g/mol. The lowest BCUT2D eigenvalue weighted by atomic mass is 10.0. The van der Waals surface area contributed by atoms with Crippen LogP contribution in [0.1, 0.15) is 64.9 Å². The summed E-state index contributed by atoms with van der Waals surface area (Å²) in [5, 5.41) is 44.0. The monoisotopic (exact) mass is 839 g/mol. The molecule has 8 atom stereocenters. The molecule has 0 saturated heterocycles. The van der Waals surface area contributed by atoms with Gasteiger partial charge in [0.1, 0.15) is 42.3 Å². The average molecular weight is 840 g/mol. The average Bonchev–Trinajstić information content (AvgIpc) is 3.16. The minimum atomic E-state index is -1.71. The maximum absolute atomic E-state index is 14.0. The number of amides is 7. The van der Waals surface area contributed by atoms with E-state index < -0.39 is 109 Å². The van der Waals surface area contributed by atoms with Gasteiger partial charge in [-0.2, -0.15) is 11.8 Å². The number of carbonyl (C=O) groups excluding carboxylic acids is 7. The number of carboxylic acid groups (broad SMARTS) is 1. The molecule has 0 aromatic heterocycles. The molecule has 1 rings (SSSR count). The number of hydrogen-bond acceptors (Lipinski definition) is 13. The zero-order valence-corrected chi connectivity index (χ0v) is 34.2. The summed E-state index contributed by atoms with van der Waals surface area (Å²) in [7, 11) is 0. The number of thioether (sulfide) groups is 1. The van der Waals surface area contributed by atoms with Crippen LogP contribution in [0, 0.1) is 5.92 Å². The lowest BCUT2D eigenvalue weighted by Gasteiger charge is -2.28. The van der Waals surface area contributed by atoms with Crippen molar-refractivity contribution < 1.29 is 53.7 Å². The second kappa shape index (κ2) is 27.0. The number of carbonyl (C=O) groups is 8. The quantitative estimate of drug-likeness (QED) is 0.0369. The van der Waals surface area contributed by atoms with E-state index in [2.05, 4.69) is 31.9 Å². The summed E-state index contributed by atoms with van der Waals surface area (Å²) >= 11 is 1.33. The van der Waals surface area contributed by atoms with Crippen LogP contribution in [0.3, 0.4) is 0 Å². The van der Waals surface area contributed by atoms with Gasteiger partial charge < -0.3 is 64.4 Å². The maximum Gasteiger partial charge on any atom is 0.326 e.